The van der Waals surface area contributed by atoms with Crippen molar-refractivity contribution in [3.8, 4) is 0 Å². The van der Waals surface area contributed by atoms with Gasteiger partial charge in [-0.2, -0.15) is 0 Å². The third-order valence-electron chi connectivity index (χ3n) is 6.75. The van der Waals surface area contributed by atoms with E-state index >= 15 is 0 Å². The second-order valence-corrected chi connectivity index (χ2v) is 12.0. The summed E-state index contributed by atoms with van der Waals surface area (Å²) >= 11 is 0. The molecule has 3 aromatic carbocycles. The first-order valence-corrected chi connectivity index (χ1v) is 14.7. The van der Waals surface area contributed by atoms with Crippen LogP contribution in [0.5, 0.6) is 0 Å². The molecule has 0 radical (unpaired) electrons. The van der Waals surface area contributed by atoms with Crippen LogP contribution in [0.3, 0.4) is 0 Å². The Morgan fingerprint density at radius 2 is 1.51 bits per heavy atom. The van der Waals surface area contributed by atoms with Crippen LogP contribution in [-0.4, -0.2) is 43.8 Å². The van der Waals surface area contributed by atoms with Gasteiger partial charge in [0.05, 0.1) is 10.6 Å². The number of carbonyl (C=O) groups excluding carboxylic acids is 2. The summed E-state index contributed by atoms with van der Waals surface area (Å²) in [5.74, 6) is -0.724. The summed E-state index contributed by atoms with van der Waals surface area (Å²) in [5, 5.41) is 2.91. The molecule has 8 heteroatoms. The zero-order chi connectivity index (χ0) is 28.7. The first kappa shape index (κ1) is 29.9. The molecule has 3 rings (SSSR count). The Balaban J connectivity index is 2.09. The monoisotopic (exact) mass is 549 g/mol. The first-order valence-electron chi connectivity index (χ1n) is 13.2. The van der Waals surface area contributed by atoms with Crippen molar-refractivity contribution >= 4 is 27.5 Å². The molecular formula is C31H39N3O4S. The fraction of sp³-hybridized carbons (Fsp3) is 0.355. The van der Waals surface area contributed by atoms with E-state index in [9.17, 15) is 18.0 Å². The Hall–Kier alpha value is -3.65. The largest absolute Gasteiger partial charge is 0.352 e. The van der Waals surface area contributed by atoms with E-state index in [1.165, 1.54) is 9.21 Å². The van der Waals surface area contributed by atoms with Gasteiger partial charge in [-0.1, -0.05) is 67.1 Å². The third-order valence-corrected chi connectivity index (χ3v) is 8.52. The van der Waals surface area contributed by atoms with Gasteiger partial charge in [0.25, 0.3) is 10.0 Å². The van der Waals surface area contributed by atoms with Gasteiger partial charge >= 0.3 is 0 Å². The van der Waals surface area contributed by atoms with Gasteiger partial charge in [0, 0.05) is 12.6 Å². The number of rotatable bonds is 11. The maximum absolute atomic E-state index is 14.1. The molecule has 39 heavy (non-hydrogen) atoms. The van der Waals surface area contributed by atoms with Crippen LogP contribution in [0.25, 0.3) is 0 Å². The molecule has 0 spiro atoms. The Kier molecular flexibility index (Phi) is 9.92. The highest BCUT2D eigenvalue weighted by Crippen LogP contribution is 2.29. The molecule has 208 valence electrons. The molecule has 0 aromatic heterocycles. The molecule has 0 bridgehead atoms. The van der Waals surface area contributed by atoms with Crippen molar-refractivity contribution in [1.29, 1.82) is 0 Å². The molecule has 7 nitrogen and oxygen atoms in total. The zero-order valence-electron chi connectivity index (χ0n) is 23.6. The summed E-state index contributed by atoms with van der Waals surface area (Å²) in [6.45, 7) is 10.9. The number of amides is 2. The van der Waals surface area contributed by atoms with Gasteiger partial charge in [-0.3, -0.25) is 13.9 Å². The summed E-state index contributed by atoms with van der Waals surface area (Å²) < 4.78 is 29.2. The average Bonchev–Trinajstić information content (AvgIpc) is 2.89. The van der Waals surface area contributed by atoms with E-state index in [4.69, 9.17) is 0 Å². The summed E-state index contributed by atoms with van der Waals surface area (Å²) in [6, 6.07) is 20.5. The third kappa shape index (κ3) is 7.26. The number of nitrogens with zero attached hydrogens (tertiary/aromatic N) is 2. The fourth-order valence-electron chi connectivity index (χ4n) is 4.44. The van der Waals surface area contributed by atoms with Crippen LogP contribution in [0, 0.1) is 20.8 Å². The van der Waals surface area contributed by atoms with E-state index in [0.29, 0.717) is 12.1 Å². The standard InChI is InChI=1S/C31H39N3O4S/c1-7-28(31(36)32-22(2)3)33(20-26-13-9-8-10-14-26)30(35)21-34(29-15-11-12-24(5)25(29)6)39(37,38)27-18-16-23(4)17-19-27/h8-19,22,28H,7,20-21H2,1-6H3,(H,32,36)/t28-/m0/s1. The molecule has 0 saturated heterocycles. The van der Waals surface area contributed by atoms with E-state index in [1.807, 2.05) is 77.9 Å². The lowest BCUT2D eigenvalue weighted by atomic mass is 10.1. The van der Waals surface area contributed by atoms with Crippen molar-refractivity contribution in [1.82, 2.24) is 10.2 Å². The van der Waals surface area contributed by atoms with Crippen LogP contribution in [0.2, 0.25) is 0 Å². The molecule has 0 aliphatic rings. The molecule has 0 fully saturated rings. The van der Waals surface area contributed by atoms with E-state index < -0.39 is 28.5 Å². The van der Waals surface area contributed by atoms with Crippen LogP contribution >= 0.6 is 0 Å². The molecule has 0 saturated carbocycles. The van der Waals surface area contributed by atoms with Gasteiger partial charge in [-0.25, -0.2) is 8.42 Å². The van der Waals surface area contributed by atoms with Gasteiger partial charge in [0.15, 0.2) is 0 Å². The van der Waals surface area contributed by atoms with Gasteiger partial charge in [-0.15, -0.1) is 0 Å². The molecule has 0 unspecified atom stereocenters. The highest BCUT2D eigenvalue weighted by molar-refractivity contribution is 7.92. The minimum Gasteiger partial charge on any atom is -0.352 e. The number of carbonyl (C=O) groups is 2. The van der Waals surface area contributed by atoms with Crippen LogP contribution < -0.4 is 9.62 Å². The number of hydrogen-bond acceptors (Lipinski definition) is 4. The van der Waals surface area contributed by atoms with E-state index in [-0.39, 0.29) is 23.4 Å². The number of nitrogens with one attached hydrogen (secondary N) is 1. The van der Waals surface area contributed by atoms with Crippen molar-refractivity contribution < 1.29 is 18.0 Å². The van der Waals surface area contributed by atoms with E-state index in [1.54, 1.807) is 36.4 Å². The molecule has 1 N–H and O–H groups in total. The highest BCUT2D eigenvalue weighted by Gasteiger charge is 2.34. The van der Waals surface area contributed by atoms with Crippen molar-refractivity contribution in [2.45, 2.75) is 71.5 Å². The Morgan fingerprint density at radius 1 is 0.872 bits per heavy atom. The maximum atomic E-state index is 14.1. The molecule has 3 aromatic rings. The zero-order valence-corrected chi connectivity index (χ0v) is 24.5. The summed E-state index contributed by atoms with van der Waals surface area (Å²) in [4.78, 5) is 28.9. The van der Waals surface area contributed by atoms with Gasteiger partial charge in [0.2, 0.25) is 11.8 Å². The highest BCUT2D eigenvalue weighted by atomic mass is 32.2. The van der Waals surface area contributed by atoms with Gasteiger partial charge in [-0.05, 0) is 75.9 Å². The normalized spacial score (nSPS) is 12.2. The van der Waals surface area contributed by atoms with Gasteiger partial charge < -0.3 is 10.2 Å². The lowest BCUT2D eigenvalue weighted by Crippen LogP contribution is -2.53. The SMILES string of the molecule is CC[C@@H](C(=O)NC(C)C)N(Cc1ccccc1)C(=O)CN(c1cccc(C)c1C)S(=O)(=O)c1ccc(C)cc1. The van der Waals surface area contributed by atoms with Crippen LogP contribution in [0.1, 0.15) is 49.4 Å². The summed E-state index contributed by atoms with van der Waals surface area (Å²) in [7, 11) is -4.10. The summed E-state index contributed by atoms with van der Waals surface area (Å²) in [5.41, 5.74) is 3.89. The van der Waals surface area contributed by atoms with Crippen molar-refractivity contribution in [3.63, 3.8) is 0 Å². The lowest BCUT2D eigenvalue weighted by molar-refractivity contribution is -0.140. The fourth-order valence-corrected chi connectivity index (χ4v) is 5.91. The topological polar surface area (TPSA) is 86.8 Å². The van der Waals surface area contributed by atoms with Crippen LogP contribution in [-0.2, 0) is 26.2 Å². The quantitative estimate of drug-likeness (QED) is 0.359. The predicted octanol–water partition coefficient (Wildman–Crippen LogP) is 5.14. The number of sulfonamides is 1. The Labute approximate surface area is 232 Å². The van der Waals surface area contributed by atoms with Crippen molar-refractivity contribution in [3.05, 3.63) is 95.1 Å². The molecule has 0 heterocycles. The first-order chi connectivity index (χ1) is 18.4. The van der Waals surface area contributed by atoms with Crippen LogP contribution in [0.4, 0.5) is 5.69 Å². The Morgan fingerprint density at radius 3 is 2.10 bits per heavy atom. The average molecular weight is 550 g/mol. The minimum absolute atomic E-state index is 0.0982. The minimum atomic E-state index is -4.10. The molecule has 2 amide bonds. The Bertz CT molecular complexity index is 1390. The molecular weight excluding hydrogens is 510 g/mol. The van der Waals surface area contributed by atoms with Crippen LogP contribution in [0.15, 0.2) is 77.7 Å². The van der Waals surface area contributed by atoms with E-state index in [2.05, 4.69) is 5.32 Å². The second kappa shape index (κ2) is 12.9. The summed E-state index contributed by atoms with van der Waals surface area (Å²) in [6.07, 6.45) is 0.380. The second-order valence-electron chi connectivity index (χ2n) is 10.1. The van der Waals surface area contributed by atoms with Gasteiger partial charge in [0.1, 0.15) is 12.6 Å². The van der Waals surface area contributed by atoms with Crippen molar-refractivity contribution in [2.24, 2.45) is 0 Å². The molecule has 0 aliphatic heterocycles. The molecule has 0 aliphatic carbocycles. The number of hydrogen-bond donors (Lipinski definition) is 1. The predicted molar refractivity (Wildman–Crippen MR) is 156 cm³/mol. The molecule has 1 atom stereocenters. The number of aryl methyl sites for hydroxylation is 2. The van der Waals surface area contributed by atoms with Crippen molar-refractivity contribution in [2.75, 3.05) is 10.8 Å². The maximum Gasteiger partial charge on any atom is 0.264 e. The smallest absolute Gasteiger partial charge is 0.264 e. The number of benzene rings is 3. The lowest BCUT2D eigenvalue weighted by Gasteiger charge is -2.34. The van der Waals surface area contributed by atoms with E-state index in [0.717, 1.165) is 22.3 Å². The number of anilines is 1.